The first-order valence-electron chi connectivity index (χ1n) is 8.21. The minimum absolute atomic E-state index is 0.159. The molecule has 2 unspecified atom stereocenters. The number of halogens is 1. The Morgan fingerprint density at radius 2 is 2.09 bits per heavy atom. The smallest absolute Gasteiger partial charge is 0.123 e. The highest BCUT2D eigenvalue weighted by atomic mass is 19.1. The van der Waals surface area contributed by atoms with Crippen molar-refractivity contribution < 1.29 is 4.39 Å². The van der Waals surface area contributed by atoms with Gasteiger partial charge in [0, 0.05) is 30.7 Å². The van der Waals surface area contributed by atoms with Gasteiger partial charge in [0.1, 0.15) is 5.82 Å². The van der Waals surface area contributed by atoms with Crippen LogP contribution in [0.15, 0.2) is 36.4 Å². The second-order valence-corrected chi connectivity index (χ2v) is 6.69. The van der Waals surface area contributed by atoms with Gasteiger partial charge in [-0.15, -0.1) is 0 Å². The monoisotopic (exact) mass is 294 g/mol. The first kappa shape index (κ1) is 12.7. The predicted octanol–water partition coefficient (Wildman–Crippen LogP) is 3.31. The largest absolute Gasteiger partial charge is 0.367 e. The molecule has 3 aliphatic heterocycles. The van der Waals surface area contributed by atoms with Gasteiger partial charge in [-0.05, 0) is 65.9 Å². The molecule has 2 aromatic rings. The number of piperidine rings is 1. The fourth-order valence-electron chi connectivity index (χ4n) is 4.60. The highest BCUT2D eigenvalue weighted by molar-refractivity contribution is 5.77. The van der Waals surface area contributed by atoms with Crippen LogP contribution in [0.5, 0.6) is 0 Å². The molecular formula is C19H19FN2. The molecule has 0 bridgehead atoms. The van der Waals surface area contributed by atoms with E-state index in [1.54, 1.807) is 12.1 Å². The van der Waals surface area contributed by atoms with Crippen LogP contribution >= 0.6 is 0 Å². The topological polar surface area (TPSA) is 15.3 Å². The van der Waals surface area contributed by atoms with Gasteiger partial charge in [-0.1, -0.05) is 12.1 Å². The lowest BCUT2D eigenvalue weighted by atomic mass is 9.87. The highest BCUT2D eigenvalue weighted by Crippen LogP contribution is 2.49. The summed E-state index contributed by atoms with van der Waals surface area (Å²) in [5.41, 5.74) is 6.57. The third-order valence-corrected chi connectivity index (χ3v) is 5.53. The van der Waals surface area contributed by atoms with E-state index in [-0.39, 0.29) is 5.82 Å². The second-order valence-electron chi connectivity index (χ2n) is 6.69. The van der Waals surface area contributed by atoms with Crippen molar-refractivity contribution in [3.05, 3.63) is 53.3 Å². The van der Waals surface area contributed by atoms with Gasteiger partial charge in [-0.25, -0.2) is 4.39 Å². The number of nitrogens with zero attached hydrogens (tertiary/aromatic N) is 1. The number of anilines is 1. The van der Waals surface area contributed by atoms with Gasteiger partial charge in [0.2, 0.25) is 0 Å². The molecule has 0 radical (unpaired) electrons. The van der Waals surface area contributed by atoms with Crippen LogP contribution in [0.25, 0.3) is 11.1 Å². The maximum Gasteiger partial charge on any atom is 0.123 e. The molecule has 2 atom stereocenters. The molecule has 0 aromatic heterocycles. The standard InChI is InChI=1S/C19H19FN2/c20-15-3-1-2-12(9-15)14-8-13-5-7-22-18-4-6-21-11-17(18)16(10-14)19(13)22/h1-3,8-10,17-18,21H,4-7,11H2. The van der Waals surface area contributed by atoms with E-state index in [0.717, 1.165) is 31.6 Å². The van der Waals surface area contributed by atoms with Gasteiger partial charge < -0.3 is 10.2 Å². The molecule has 3 heteroatoms. The number of hydrogen-bond acceptors (Lipinski definition) is 2. The lowest BCUT2D eigenvalue weighted by molar-refractivity contribution is 0.405. The van der Waals surface area contributed by atoms with Crippen molar-refractivity contribution in [2.75, 3.05) is 24.5 Å². The molecule has 2 nitrogen and oxygen atoms in total. The zero-order valence-electron chi connectivity index (χ0n) is 12.5. The average Bonchev–Trinajstić information content (AvgIpc) is 3.11. The molecule has 0 saturated carbocycles. The Morgan fingerprint density at radius 1 is 1.14 bits per heavy atom. The molecule has 1 N–H and O–H groups in total. The maximum atomic E-state index is 13.6. The van der Waals surface area contributed by atoms with Crippen molar-refractivity contribution in [2.45, 2.75) is 24.8 Å². The number of rotatable bonds is 1. The summed E-state index contributed by atoms with van der Waals surface area (Å²) < 4.78 is 13.6. The van der Waals surface area contributed by atoms with Crippen molar-refractivity contribution in [3.63, 3.8) is 0 Å². The molecule has 1 fully saturated rings. The van der Waals surface area contributed by atoms with Crippen LogP contribution < -0.4 is 10.2 Å². The van der Waals surface area contributed by atoms with Crippen LogP contribution in [0.3, 0.4) is 0 Å². The first-order chi connectivity index (χ1) is 10.8. The summed E-state index contributed by atoms with van der Waals surface area (Å²) in [6, 6.07) is 12.2. The molecule has 2 aromatic carbocycles. The molecule has 0 amide bonds. The zero-order chi connectivity index (χ0) is 14.7. The molecule has 22 heavy (non-hydrogen) atoms. The van der Waals surface area contributed by atoms with E-state index in [9.17, 15) is 4.39 Å². The zero-order valence-corrected chi connectivity index (χ0v) is 12.5. The van der Waals surface area contributed by atoms with Crippen LogP contribution in [0, 0.1) is 5.82 Å². The van der Waals surface area contributed by atoms with E-state index < -0.39 is 0 Å². The fraction of sp³-hybridized carbons (Fsp3) is 0.368. The summed E-state index contributed by atoms with van der Waals surface area (Å²) in [4.78, 5) is 2.63. The van der Waals surface area contributed by atoms with Crippen LogP contribution in [0.4, 0.5) is 10.1 Å². The average molecular weight is 294 g/mol. The van der Waals surface area contributed by atoms with Gasteiger partial charge in [-0.3, -0.25) is 0 Å². The molecular weight excluding hydrogens is 275 g/mol. The number of fused-ring (bicyclic) bond motifs is 3. The van der Waals surface area contributed by atoms with Gasteiger partial charge >= 0.3 is 0 Å². The summed E-state index contributed by atoms with van der Waals surface area (Å²) >= 11 is 0. The Hall–Kier alpha value is -1.87. The van der Waals surface area contributed by atoms with Crippen molar-refractivity contribution in [1.29, 1.82) is 0 Å². The number of hydrogen-bond donors (Lipinski definition) is 1. The van der Waals surface area contributed by atoms with Gasteiger partial charge in [-0.2, -0.15) is 0 Å². The van der Waals surface area contributed by atoms with Gasteiger partial charge in [0.05, 0.1) is 0 Å². The summed E-state index contributed by atoms with van der Waals surface area (Å²) in [6.45, 7) is 3.34. The molecule has 3 heterocycles. The van der Waals surface area contributed by atoms with E-state index >= 15 is 0 Å². The normalized spacial score (nSPS) is 25.2. The molecule has 3 aliphatic rings. The third kappa shape index (κ3) is 1.69. The predicted molar refractivity (Wildman–Crippen MR) is 86.9 cm³/mol. The van der Waals surface area contributed by atoms with E-state index in [2.05, 4.69) is 22.3 Å². The minimum Gasteiger partial charge on any atom is -0.367 e. The Labute approximate surface area is 130 Å². The lowest BCUT2D eigenvalue weighted by Crippen LogP contribution is -2.43. The molecule has 112 valence electrons. The van der Waals surface area contributed by atoms with Gasteiger partial charge in [0.25, 0.3) is 0 Å². The fourth-order valence-corrected chi connectivity index (χ4v) is 4.60. The Bertz CT molecular complexity index is 755. The summed E-state index contributed by atoms with van der Waals surface area (Å²) in [5, 5.41) is 3.54. The van der Waals surface area contributed by atoms with Crippen molar-refractivity contribution >= 4 is 5.69 Å². The van der Waals surface area contributed by atoms with E-state index in [0.29, 0.717) is 12.0 Å². The van der Waals surface area contributed by atoms with Crippen LogP contribution in [0.1, 0.15) is 23.5 Å². The number of benzene rings is 2. The Morgan fingerprint density at radius 3 is 3.00 bits per heavy atom. The highest BCUT2D eigenvalue weighted by Gasteiger charge is 2.43. The molecule has 1 saturated heterocycles. The maximum absolute atomic E-state index is 13.6. The SMILES string of the molecule is Fc1cccc(-c2cc3c4c(c2)C2CNCCC2N4CC3)c1. The molecule has 5 rings (SSSR count). The molecule has 0 spiro atoms. The van der Waals surface area contributed by atoms with E-state index in [1.807, 2.05) is 6.07 Å². The second kappa shape index (κ2) is 4.56. The molecule has 0 aliphatic carbocycles. The van der Waals surface area contributed by atoms with Gasteiger partial charge in [0.15, 0.2) is 0 Å². The minimum atomic E-state index is -0.159. The first-order valence-corrected chi connectivity index (χ1v) is 8.21. The Balaban J connectivity index is 1.67. The third-order valence-electron chi connectivity index (χ3n) is 5.53. The van der Waals surface area contributed by atoms with Crippen LogP contribution in [0.2, 0.25) is 0 Å². The lowest BCUT2D eigenvalue weighted by Gasteiger charge is -2.32. The van der Waals surface area contributed by atoms with E-state index in [4.69, 9.17) is 0 Å². The van der Waals surface area contributed by atoms with Crippen molar-refractivity contribution in [2.24, 2.45) is 0 Å². The van der Waals surface area contributed by atoms with Crippen LogP contribution in [-0.2, 0) is 6.42 Å². The number of nitrogens with one attached hydrogen (secondary N) is 1. The van der Waals surface area contributed by atoms with E-state index in [1.165, 1.54) is 34.9 Å². The quantitative estimate of drug-likeness (QED) is 0.868. The summed E-state index contributed by atoms with van der Waals surface area (Å²) in [5.74, 6) is 0.435. The van der Waals surface area contributed by atoms with Crippen molar-refractivity contribution in [3.8, 4) is 11.1 Å². The summed E-state index contributed by atoms with van der Waals surface area (Å²) in [6.07, 6.45) is 2.36. The Kier molecular flexibility index (Phi) is 2.62. The van der Waals surface area contributed by atoms with Crippen LogP contribution in [-0.4, -0.2) is 25.7 Å². The summed E-state index contributed by atoms with van der Waals surface area (Å²) in [7, 11) is 0. The van der Waals surface area contributed by atoms with Crippen molar-refractivity contribution in [1.82, 2.24) is 5.32 Å².